The van der Waals surface area contributed by atoms with Crippen LogP contribution >= 0.6 is 0 Å². The van der Waals surface area contributed by atoms with Gasteiger partial charge in [0, 0.05) is 24.5 Å². The van der Waals surface area contributed by atoms with Crippen LogP contribution in [-0.2, 0) is 10.0 Å². The first-order chi connectivity index (χ1) is 13.4. The molecule has 0 amide bonds. The lowest BCUT2D eigenvalue weighted by atomic mass is 10.1. The molecule has 1 aromatic heterocycles. The first kappa shape index (κ1) is 20.2. The minimum absolute atomic E-state index is 0.161. The van der Waals surface area contributed by atoms with E-state index < -0.39 is 15.8 Å². The number of hydrogen-bond acceptors (Lipinski definition) is 5. The summed E-state index contributed by atoms with van der Waals surface area (Å²) in [5.41, 5.74) is 1.15. The number of nitrogens with one attached hydrogen (secondary N) is 1. The molecular formula is C20H23FN4O2S. The maximum atomic E-state index is 13.9. The molecule has 3 rings (SSSR count). The van der Waals surface area contributed by atoms with Gasteiger partial charge in [-0.05, 0) is 36.8 Å². The van der Waals surface area contributed by atoms with Crippen molar-refractivity contribution in [2.24, 2.45) is 0 Å². The van der Waals surface area contributed by atoms with Crippen molar-refractivity contribution in [1.82, 2.24) is 14.3 Å². The summed E-state index contributed by atoms with van der Waals surface area (Å²) >= 11 is 0. The van der Waals surface area contributed by atoms with Gasteiger partial charge in [-0.25, -0.2) is 22.8 Å². The second-order valence-corrected chi connectivity index (χ2v) is 8.32. The normalized spacial score (nSPS) is 13.0. The van der Waals surface area contributed by atoms with E-state index in [0.29, 0.717) is 24.3 Å². The summed E-state index contributed by atoms with van der Waals surface area (Å²) in [6.07, 6.45) is 1.32. The lowest BCUT2D eigenvalue weighted by Crippen LogP contribution is -2.30. The Labute approximate surface area is 164 Å². The van der Waals surface area contributed by atoms with Crippen molar-refractivity contribution < 1.29 is 12.8 Å². The number of nitrogens with zero attached hydrogens (tertiary/aromatic N) is 3. The Bertz CT molecular complexity index is 1070. The van der Waals surface area contributed by atoms with E-state index in [2.05, 4.69) is 15.3 Å². The van der Waals surface area contributed by atoms with E-state index in [4.69, 9.17) is 0 Å². The van der Waals surface area contributed by atoms with E-state index in [1.54, 1.807) is 36.4 Å². The molecule has 0 saturated heterocycles. The largest absolute Gasteiger partial charge is 0.363 e. The highest BCUT2D eigenvalue weighted by molar-refractivity contribution is 7.89. The average molecular weight is 402 g/mol. The van der Waals surface area contributed by atoms with Crippen LogP contribution in [0.3, 0.4) is 0 Å². The SMILES string of the molecule is CCN(CC)S(=O)(=O)c1ccc(C(C)Nc2ncnc3c(F)cccc23)cc1. The number of fused-ring (bicyclic) bond motifs is 1. The van der Waals surface area contributed by atoms with Gasteiger partial charge in [0.05, 0.1) is 4.90 Å². The third kappa shape index (κ3) is 3.83. The summed E-state index contributed by atoms with van der Waals surface area (Å²) in [6.45, 7) is 6.42. The van der Waals surface area contributed by atoms with Gasteiger partial charge in [0.1, 0.15) is 23.5 Å². The molecule has 0 fully saturated rings. The summed E-state index contributed by atoms with van der Waals surface area (Å²) in [4.78, 5) is 8.48. The van der Waals surface area contributed by atoms with Crippen LogP contribution in [0, 0.1) is 5.82 Å². The minimum Gasteiger partial charge on any atom is -0.363 e. The second kappa shape index (κ2) is 8.20. The number of aromatic nitrogens is 2. The van der Waals surface area contributed by atoms with Crippen molar-refractivity contribution in [2.75, 3.05) is 18.4 Å². The summed E-state index contributed by atoms with van der Waals surface area (Å²) in [5, 5.41) is 3.85. The number of halogens is 1. The molecule has 0 radical (unpaired) electrons. The summed E-state index contributed by atoms with van der Waals surface area (Å²) < 4.78 is 40.6. The van der Waals surface area contributed by atoms with Crippen molar-refractivity contribution in [2.45, 2.75) is 31.7 Å². The van der Waals surface area contributed by atoms with Gasteiger partial charge in [0.25, 0.3) is 0 Å². The number of benzene rings is 2. The van der Waals surface area contributed by atoms with Crippen molar-refractivity contribution in [3.63, 3.8) is 0 Å². The van der Waals surface area contributed by atoms with E-state index in [0.717, 1.165) is 5.56 Å². The third-order valence-electron chi connectivity index (χ3n) is 4.69. The molecule has 0 bridgehead atoms. The first-order valence-electron chi connectivity index (χ1n) is 9.14. The van der Waals surface area contributed by atoms with Gasteiger partial charge in [-0.2, -0.15) is 4.31 Å². The molecular weight excluding hydrogens is 379 g/mol. The lowest BCUT2D eigenvalue weighted by Gasteiger charge is -2.20. The lowest BCUT2D eigenvalue weighted by molar-refractivity contribution is 0.445. The van der Waals surface area contributed by atoms with Crippen LogP contribution in [0.4, 0.5) is 10.2 Å². The zero-order valence-corrected chi connectivity index (χ0v) is 16.9. The highest BCUT2D eigenvalue weighted by Gasteiger charge is 2.21. The first-order valence-corrected chi connectivity index (χ1v) is 10.6. The van der Waals surface area contributed by atoms with Gasteiger partial charge in [-0.3, -0.25) is 0 Å². The number of anilines is 1. The molecule has 0 aliphatic rings. The average Bonchev–Trinajstić information content (AvgIpc) is 2.69. The van der Waals surface area contributed by atoms with Crippen LogP contribution in [0.2, 0.25) is 0 Å². The zero-order chi connectivity index (χ0) is 20.3. The Morgan fingerprint density at radius 1 is 1.07 bits per heavy atom. The predicted molar refractivity (Wildman–Crippen MR) is 108 cm³/mol. The van der Waals surface area contributed by atoms with Gasteiger partial charge in [-0.1, -0.05) is 32.0 Å². The molecule has 0 aliphatic carbocycles. The van der Waals surface area contributed by atoms with Crippen LogP contribution in [0.25, 0.3) is 10.9 Å². The number of hydrogen-bond donors (Lipinski definition) is 1. The highest BCUT2D eigenvalue weighted by atomic mass is 32.2. The summed E-state index contributed by atoms with van der Waals surface area (Å²) in [7, 11) is -3.49. The summed E-state index contributed by atoms with van der Waals surface area (Å²) in [5.74, 6) is 0.124. The third-order valence-corrected chi connectivity index (χ3v) is 6.76. The number of rotatable bonds is 7. The molecule has 6 nitrogen and oxygen atoms in total. The molecule has 1 heterocycles. The fourth-order valence-corrected chi connectivity index (χ4v) is 4.55. The molecule has 28 heavy (non-hydrogen) atoms. The second-order valence-electron chi connectivity index (χ2n) is 6.38. The van der Waals surface area contributed by atoms with Gasteiger partial charge >= 0.3 is 0 Å². The molecule has 8 heteroatoms. The van der Waals surface area contributed by atoms with Gasteiger partial charge in [-0.15, -0.1) is 0 Å². The Hall–Kier alpha value is -2.58. The van der Waals surface area contributed by atoms with Crippen LogP contribution in [-0.4, -0.2) is 35.8 Å². The maximum Gasteiger partial charge on any atom is 0.243 e. The van der Waals surface area contributed by atoms with Crippen molar-refractivity contribution >= 4 is 26.7 Å². The van der Waals surface area contributed by atoms with E-state index in [9.17, 15) is 12.8 Å². The summed E-state index contributed by atoms with van der Waals surface area (Å²) in [6, 6.07) is 11.3. The molecule has 148 valence electrons. The van der Waals surface area contributed by atoms with Crippen LogP contribution in [0.5, 0.6) is 0 Å². The number of para-hydroxylation sites is 1. The van der Waals surface area contributed by atoms with E-state index in [-0.39, 0.29) is 16.5 Å². The zero-order valence-electron chi connectivity index (χ0n) is 16.1. The van der Waals surface area contributed by atoms with E-state index in [1.165, 1.54) is 16.7 Å². The monoisotopic (exact) mass is 402 g/mol. The molecule has 1 unspecified atom stereocenters. The molecule has 0 aliphatic heterocycles. The maximum absolute atomic E-state index is 13.9. The van der Waals surface area contributed by atoms with Crippen molar-refractivity contribution in [3.05, 3.63) is 60.2 Å². The van der Waals surface area contributed by atoms with Gasteiger partial charge in [0.15, 0.2) is 0 Å². The minimum atomic E-state index is -3.49. The Morgan fingerprint density at radius 2 is 1.75 bits per heavy atom. The standard InChI is InChI=1S/C20H23FN4O2S/c1-4-25(5-2)28(26,27)16-11-9-15(10-12-16)14(3)24-20-17-7-6-8-18(21)19(17)22-13-23-20/h6-14H,4-5H2,1-3H3,(H,22,23,24). The Morgan fingerprint density at radius 3 is 2.39 bits per heavy atom. The Kier molecular flexibility index (Phi) is 5.90. The quantitative estimate of drug-likeness (QED) is 0.647. The van der Waals surface area contributed by atoms with E-state index >= 15 is 0 Å². The predicted octanol–water partition coefficient (Wildman–Crippen LogP) is 3.97. The van der Waals surface area contributed by atoms with Crippen LogP contribution in [0.15, 0.2) is 53.7 Å². The smallest absolute Gasteiger partial charge is 0.243 e. The fourth-order valence-electron chi connectivity index (χ4n) is 3.10. The molecule has 0 spiro atoms. The molecule has 3 aromatic rings. The van der Waals surface area contributed by atoms with Crippen LogP contribution < -0.4 is 5.32 Å². The van der Waals surface area contributed by atoms with E-state index in [1.807, 2.05) is 20.8 Å². The highest BCUT2D eigenvalue weighted by Crippen LogP contribution is 2.26. The molecule has 1 N–H and O–H groups in total. The Balaban J connectivity index is 1.85. The van der Waals surface area contributed by atoms with Crippen molar-refractivity contribution in [3.8, 4) is 0 Å². The molecule has 2 aromatic carbocycles. The fraction of sp³-hybridized carbons (Fsp3) is 0.300. The number of sulfonamides is 1. The van der Waals surface area contributed by atoms with Gasteiger partial charge < -0.3 is 5.32 Å². The molecule has 0 saturated carbocycles. The molecule has 1 atom stereocenters. The topological polar surface area (TPSA) is 75.2 Å². The van der Waals surface area contributed by atoms with Gasteiger partial charge in [0.2, 0.25) is 10.0 Å². The van der Waals surface area contributed by atoms with Crippen molar-refractivity contribution in [1.29, 1.82) is 0 Å². The van der Waals surface area contributed by atoms with Crippen LogP contribution in [0.1, 0.15) is 32.4 Å².